The summed E-state index contributed by atoms with van der Waals surface area (Å²) in [7, 11) is 0. The summed E-state index contributed by atoms with van der Waals surface area (Å²) in [5.41, 5.74) is -0.413. The monoisotopic (exact) mass is 244 g/mol. The van der Waals surface area contributed by atoms with Gasteiger partial charge in [-0.15, -0.1) is 0 Å². The zero-order valence-corrected chi connectivity index (χ0v) is 10.0. The quantitative estimate of drug-likeness (QED) is 0.514. The van der Waals surface area contributed by atoms with Gasteiger partial charge in [-0.05, 0) is 32.4 Å². The van der Waals surface area contributed by atoms with Crippen molar-refractivity contribution in [1.29, 1.82) is 0 Å². The molecule has 0 radical (unpaired) electrons. The molecule has 0 saturated carbocycles. The van der Waals surface area contributed by atoms with Gasteiger partial charge in [0.1, 0.15) is 0 Å². The van der Waals surface area contributed by atoms with E-state index in [-0.39, 0.29) is 12.5 Å². The van der Waals surface area contributed by atoms with E-state index in [9.17, 15) is 9.59 Å². The van der Waals surface area contributed by atoms with Crippen LogP contribution in [0, 0.1) is 5.41 Å². The lowest BCUT2D eigenvalue weighted by molar-refractivity contribution is -0.146. The number of hydrogen-bond acceptors (Lipinski definition) is 4. The molecular weight excluding hydrogens is 224 g/mol. The maximum absolute atomic E-state index is 12.0. The van der Waals surface area contributed by atoms with E-state index < -0.39 is 17.5 Å². The fourth-order valence-corrected chi connectivity index (χ4v) is 2.11. The minimum atomic E-state index is -1.53. The number of carbonyl (C=O) groups excluding carboxylic acids is 1. The van der Waals surface area contributed by atoms with Gasteiger partial charge in [0.15, 0.2) is 6.10 Å². The van der Waals surface area contributed by atoms with Crippen molar-refractivity contribution in [1.82, 2.24) is 10.6 Å². The molecule has 1 atom stereocenters. The number of amides is 1. The van der Waals surface area contributed by atoms with Crippen LogP contribution in [0.2, 0.25) is 0 Å². The first-order chi connectivity index (χ1) is 8.02. The summed E-state index contributed by atoms with van der Waals surface area (Å²) in [6.07, 6.45) is 0.690. The van der Waals surface area contributed by atoms with Gasteiger partial charge >= 0.3 is 5.97 Å². The minimum absolute atomic E-state index is 0.151. The molecule has 0 aromatic carbocycles. The summed E-state index contributed by atoms with van der Waals surface area (Å²) in [5, 5.41) is 23.3. The first-order valence-electron chi connectivity index (χ1n) is 5.92. The number of aliphatic hydroxyl groups excluding tert-OH is 1. The minimum Gasteiger partial charge on any atom is -0.479 e. The molecular formula is C11H20N2O4. The molecule has 1 fully saturated rings. The predicted molar refractivity (Wildman–Crippen MR) is 61.5 cm³/mol. The second kappa shape index (κ2) is 5.97. The lowest BCUT2D eigenvalue weighted by Crippen LogP contribution is -2.49. The first kappa shape index (κ1) is 13.9. The van der Waals surface area contributed by atoms with E-state index in [1.54, 1.807) is 0 Å². The average molecular weight is 244 g/mol. The Balaban J connectivity index is 2.52. The summed E-state index contributed by atoms with van der Waals surface area (Å²) < 4.78 is 0. The summed E-state index contributed by atoms with van der Waals surface area (Å²) in [5.74, 6) is -1.47. The maximum atomic E-state index is 12.0. The standard InChI is InChI=1S/C11H20N2O4/c1-2-11(3-5-12-6-4-11)10(17)13-7-8(14)9(15)16/h8,12,14H,2-7H2,1H3,(H,13,17)(H,15,16)/t8-/m0/s1. The lowest BCUT2D eigenvalue weighted by Gasteiger charge is -2.35. The Morgan fingerprint density at radius 2 is 2.00 bits per heavy atom. The van der Waals surface area contributed by atoms with Crippen molar-refractivity contribution >= 4 is 11.9 Å². The maximum Gasteiger partial charge on any atom is 0.334 e. The number of hydrogen-bond donors (Lipinski definition) is 4. The van der Waals surface area contributed by atoms with Crippen molar-refractivity contribution < 1.29 is 19.8 Å². The SMILES string of the molecule is CCC1(C(=O)NC[C@H](O)C(=O)O)CCNCC1. The van der Waals surface area contributed by atoms with Crippen molar-refractivity contribution in [3.8, 4) is 0 Å². The second-order valence-corrected chi connectivity index (χ2v) is 4.45. The highest BCUT2D eigenvalue weighted by atomic mass is 16.4. The molecule has 1 amide bonds. The third-order valence-corrected chi connectivity index (χ3v) is 3.46. The Kier molecular flexibility index (Phi) is 4.89. The smallest absolute Gasteiger partial charge is 0.334 e. The number of carboxylic acid groups (broad SMARTS) is 1. The number of rotatable bonds is 5. The number of aliphatic hydroxyl groups is 1. The van der Waals surface area contributed by atoms with Crippen molar-refractivity contribution in [2.45, 2.75) is 32.3 Å². The van der Waals surface area contributed by atoms with E-state index in [4.69, 9.17) is 10.2 Å². The lowest BCUT2D eigenvalue weighted by atomic mass is 9.76. The summed E-state index contributed by atoms with van der Waals surface area (Å²) in [4.78, 5) is 22.5. The van der Waals surface area contributed by atoms with E-state index in [0.717, 1.165) is 32.4 Å². The summed E-state index contributed by atoms with van der Waals surface area (Å²) in [6.45, 7) is 3.31. The molecule has 1 heterocycles. The van der Waals surface area contributed by atoms with Crippen molar-refractivity contribution in [2.24, 2.45) is 5.41 Å². The molecule has 0 bridgehead atoms. The summed E-state index contributed by atoms with van der Waals surface area (Å²) in [6, 6.07) is 0. The molecule has 1 aliphatic heterocycles. The third-order valence-electron chi connectivity index (χ3n) is 3.46. The van der Waals surface area contributed by atoms with E-state index in [0.29, 0.717) is 0 Å². The Labute approximate surface area is 100 Å². The molecule has 1 saturated heterocycles. The van der Waals surface area contributed by atoms with Gasteiger partial charge < -0.3 is 20.8 Å². The fourth-order valence-electron chi connectivity index (χ4n) is 2.11. The molecule has 0 spiro atoms. The van der Waals surface area contributed by atoms with Crippen LogP contribution < -0.4 is 10.6 Å². The molecule has 6 nitrogen and oxygen atoms in total. The Morgan fingerprint density at radius 1 is 1.41 bits per heavy atom. The highest BCUT2D eigenvalue weighted by molar-refractivity contribution is 5.83. The molecule has 17 heavy (non-hydrogen) atoms. The van der Waals surface area contributed by atoms with Crippen LogP contribution in [-0.2, 0) is 9.59 Å². The Bertz CT molecular complexity index is 287. The van der Waals surface area contributed by atoms with Crippen molar-refractivity contribution in [3.05, 3.63) is 0 Å². The van der Waals surface area contributed by atoms with Crippen LogP contribution >= 0.6 is 0 Å². The topological polar surface area (TPSA) is 98.7 Å². The predicted octanol–water partition coefficient (Wildman–Crippen LogP) is -0.672. The molecule has 0 aliphatic carbocycles. The van der Waals surface area contributed by atoms with E-state index >= 15 is 0 Å². The number of carboxylic acids is 1. The van der Waals surface area contributed by atoms with Gasteiger partial charge in [0, 0.05) is 0 Å². The first-order valence-corrected chi connectivity index (χ1v) is 5.92. The molecule has 0 aromatic heterocycles. The summed E-state index contributed by atoms with van der Waals surface area (Å²) >= 11 is 0. The number of piperidine rings is 1. The second-order valence-electron chi connectivity index (χ2n) is 4.45. The van der Waals surface area contributed by atoms with Gasteiger partial charge in [-0.3, -0.25) is 4.79 Å². The Morgan fingerprint density at radius 3 is 2.47 bits per heavy atom. The van der Waals surface area contributed by atoms with Crippen LogP contribution in [0.4, 0.5) is 0 Å². The molecule has 4 N–H and O–H groups in total. The molecule has 0 aromatic rings. The van der Waals surface area contributed by atoms with Gasteiger partial charge in [-0.25, -0.2) is 4.79 Å². The average Bonchev–Trinajstić information content (AvgIpc) is 2.36. The van der Waals surface area contributed by atoms with Crippen molar-refractivity contribution in [3.63, 3.8) is 0 Å². The van der Waals surface area contributed by atoms with E-state index in [1.165, 1.54) is 0 Å². The molecule has 1 rings (SSSR count). The Hall–Kier alpha value is -1.14. The third kappa shape index (κ3) is 3.41. The fraction of sp³-hybridized carbons (Fsp3) is 0.818. The van der Waals surface area contributed by atoms with E-state index in [1.807, 2.05) is 6.92 Å². The molecule has 0 unspecified atom stereocenters. The number of nitrogens with one attached hydrogen (secondary N) is 2. The van der Waals surface area contributed by atoms with Gasteiger partial charge in [0.2, 0.25) is 5.91 Å². The highest BCUT2D eigenvalue weighted by Gasteiger charge is 2.37. The zero-order valence-electron chi connectivity index (χ0n) is 10.0. The largest absolute Gasteiger partial charge is 0.479 e. The number of carbonyl (C=O) groups is 2. The normalized spacial score (nSPS) is 20.6. The molecule has 98 valence electrons. The van der Waals surface area contributed by atoms with Crippen LogP contribution in [0.1, 0.15) is 26.2 Å². The van der Waals surface area contributed by atoms with Crippen molar-refractivity contribution in [2.75, 3.05) is 19.6 Å². The van der Waals surface area contributed by atoms with Crippen LogP contribution in [0.5, 0.6) is 0 Å². The van der Waals surface area contributed by atoms with Gasteiger partial charge in [-0.2, -0.15) is 0 Å². The van der Waals surface area contributed by atoms with Gasteiger partial charge in [0.05, 0.1) is 12.0 Å². The number of aliphatic carboxylic acids is 1. The zero-order chi connectivity index (χ0) is 12.9. The van der Waals surface area contributed by atoms with Crippen LogP contribution in [0.3, 0.4) is 0 Å². The van der Waals surface area contributed by atoms with Crippen LogP contribution in [0.15, 0.2) is 0 Å². The van der Waals surface area contributed by atoms with E-state index in [2.05, 4.69) is 10.6 Å². The molecule has 1 aliphatic rings. The highest BCUT2D eigenvalue weighted by Crippen LogP contribution is 2.32. The van der Waals surface area contributed by atoms with Gasteiger partial charge in [-0.1, -0.05) is 6.92 Å². The van der Waals surface area contributed by atoms with Crippen LogP contribution in [0.25, 0.3) is 0 Å². The van der Waals surface area contributed by atoms with Gasteiger partial charge in [0.25, 0.3) is 0 Å². The molecule has 6 heteroatoms. The van der Waals surface area contributed by atoms with Crippen LogP contribution in [-0.4, -0.2) is 47.8 Å².